The van der Waals surface area contributed by atoms with Gasteiger partial charge in [-0.05, 0) is 134 Å². The number of aromatic amines is 1. The number of quaternary nitrogens is 1. The average Bonchev–Trinajstić information content (AvgIpc) is 1.67. The maximum Gasteiger partial charge on any atom is -1.00 e. The van der Waals surface area contributed by atoms with Crippen LogP contribution in [0, 0.1) is 11.8 Å². The largest absolute Gasteiger partial charge is 1.00 e. The molecule has 0 bridgehead atoms. The first-order valence-electron chi connectivity index (χ1n) is 38.1. The molecule has 1 radical (unpaired) electrons. The van der Waals surface area contributed by atoms with E-state index in [1.807, 2.05) is 100 Å². The van der Waals surface area contributed by atoms with Crippen molar-refractivity contribution < 1.29 is 139 Å². The summed E-state index contributed by atoms with van der Waals surface area (Å²) in [6, 6.07) is 7.85. The number of esters is 5. The van der Waals surface area contributed by atoms with Gasteiger partial charge in [0.2, 0.25) is 35.1 Å². The topological polar surface area (TPSA) is 510 Å². The molecular formula is C77H132BBrCl2N19O27S2. The van der Waals surface area contributed by atoms with E-state index in [0.717, 1.165) is 27.8 Å². The van der Waals surface area contributed by atoms with E-state index < -0.39 is 45.2 Å². The normalized spacial score (nSPS) is 11.0. The van der Waals surface area contributed by atoms with Crippen LogP contribution in [0.5, 0.6) is 29.4 Å². The molecule has 129 heavy (non-hydrogen) atoms. The van der Waals surface area contributed by atoms with E-state index in [-0.39, 0.29) is 103 Å². The van der Waals surface area contributed by atoms with Crippen molar-refractivity contribution in [1.82, 2.24) is 84.1 Å². The minimum absolute atomic E-state index is 0. The SMILES string of the molecule is CCOC(=O)C#CC(=O)OCC.CCOC(=O)C1=CC(=O)N[N+]1(C)C.CCOC(=O)c1cc(=O)[nH]n1C.CCOC(=O)c1cc(OC)nn1C.CN(C)C.CNC(=O)OC(C)(C)C.COc1cc(CN(C)C(=O)OC(C)(C)C)n(C)n1.COc1cc(CO)n(C)n1.COc1cc(COS(C)(=O)=O)n(C)n1.COc1nn(C)c(CN(C)C(=O)OC(C)(C)C)c1Br.Cl.[B]=NS.[Cl-]. The molecule has 4 amide bonds. The molecule has 4 N–H and O–H groups in total. The average molecular weight is 1980 g/mol. The number of carbonyl (C=O) groups excluding carboxylic acids is 9. The molecule has 0 atom stereocenters. The molecule has 46 nitrogen and oxygen atoms in total. The Morgan fingerprint density at radius 3 is 1.25 bits per heavy atom. The number of aliphatic hydroxyl groups is 1. The van der Waals surface area contributed by atoms with Gasteiger partial charge >= 0.3 is 72.9 Å². The molecule has 6 aromatic rings. The number of aliphatic hydroxyl groups excluding tert-OH is 1. The zero-order valence-corrected chi connectivity index (χ0v) is 85.0. The number of aromatic nitrogens is 12. The number of nitrogens with zero attached hydrogens (tertiary/aromatic N) is 16. The summed E-state index contributed by atoms with van der Waals surface area (Å²) in [5, 5.41) is 33.6. The third-order valence-electron chi connectivity index (χ3n) is 13.6. The fourth-order valence-electron chi connectivity index (χ4n) is 8.14. The van der Waals surface area contributed by atoms with Gasteiger partial charge in [0.25, 0.3) is 21.6 Å². The maximum absolute atomic E-state index is 11.9. The van der Waals surface area contributed by atoms with Crippen LogP contribution in [0.3, 0.4) is 0 Å². The number of amides is 4. The van der Waals surface area contributed by atoms with Crippen LogP contribution in [0.25, 0.3) is 0 Å². The first kappa shape index (κ1) is 129. The van der Waals surface area contributed by atoms with Gasteiger partial charge in [-0.3, -0.25) is 47.0 Å². The predicted molar refractivity (Wildman–Crippen MR) is 481 cm³/mol. The van der Waals surface area contributed by atoms with Gasteiger partial charge in [-0.25, -0.2) is 38.4 Å². The van der Waals surface area contributed by atoms with Crippen LogP contribution >= 0.6 is 41.2 Å². The summed E-state index contributed by atoms with van der Waals surface area (Å²) >= 11 is 6.61. The number of hydrogen-bond donors (Lipinski definition) is 5. The van der Waals surface area contributed by atoms with Gasteiger partial charge in [0.1, 0.15) is 39.3 Å². The molecule has 52 heteroatoms. The Morgan fingerprint density at radius 1 is 0.574 bits per heavy atom. The van der Waals surface area contributed by atoms with Gasteiger partial charge in [-0.2, -0.15) is 18.4 Å². The van der Waals surface area contributed by atoms with E-state index in [9.17, 15) is 56.4 Å². The van der Waals surface area contributed by atoms with Gasteiger partial charge in [0, 0.05) is 106 Å². The molecule has 1 aliphatic heterocycles. The van der Waals surface area contributed by atoms with Gasteiger partial charge in [0.05, 0.1) is 137 Å². The third-order valence-corrected chi connectivity index (χ3v) is 15.0. The summed E-state index contributed by atoms with van der Waals surface area (Å²) < 4.78 is 102. The number of rotatable bonds is 21. The number of methoxy groups -OCH3 is 5. The Hall–Kier alpha value is -10.9. The Morgan fingerprint density at radius 2 is 0.938 bits per heavy atom. The van der Waals surface area contributed by atoms with E-state index in [1.54, 1.807) is 159 Å². The Kier molecular flexibility index (Phi) is 65.5. The zero-order valence-electron chi connectivity index (χ0n) is 80.1. The second-order valence-corrected chi connectivity index (χ2v) is 31.5. The van der Waals surface area contributed by atoms with E-state index in [1.165, 1.54) is 63.3 Å². The summed E-state index contributed by atoms with van der Waals surface area (Å²) in [6.45, 7) is 27.2. The fourth-order valence-corrected chi connectivity index (χ4v) is 9.10. The molecule has 733 valence electrons. The second kappa shape index (κ2) is 65.6. The molecule has 0 spiro atoms. The number of ether oxygens (including phenoxy) is 13. The van der Waals surface area contributed by atoms with Crippen LogP contribution in [-0.2, 0) is 140 Å². The first-order chi connectivity index (χ1) is 58.7. The van der Waals surface area contributed by atoms with Crippen molar-refractivity contribution in [3.05, 3.63) is 91.1 Å². The van der Waals surface area contributed by atoms with Crippen LogP contribution in [0.1, 0.15) is 141 Å². The number of halogens is 3. The van der Waals surface area contributed by atoms with Crippen molar-refractivity contribution in [1.29, 1.82) is 0 Å². The second-order valence-electron chi connectivity index (χ2n) is 28.9. The zero-order chi connectivity index (χ0) is 99.3. The molecule has 0 saturated carbocycles. The number of likely N-dealkylation sites (N-methyl/N-ethyl adjacent to an activating group) is 1. The molecule has 7 heterocycles. The monoisotopic (exact) mass is 1980 g/mol. The van der Waals surface area contributed by atoms with Crippen molar-refractivity contribution in [2.45, 2.75) is 140 Å². The number of carbonyl (C=O) groups is 9. The fraction of sp³-hybridized carbons (Fsp3) is 0.597. The summed E-state index contributed by atoms with van der Waals surface area (Å²) in [6.07, 6.45) is 1.14. The summed E-state index contributed by atoms with van der Waals surface area (Å²) in [5.74, 6) is 3.33. The molecule has 0 unspecified atom stereocenters. The van der Waals surface area contributed by atoms with Crippen LogP contribution < -0.4 is 52.4 Å². The number of aryl methyl sites for hydroxylation is 6. The van der Waals surface area contributed by atoms with Gasteiger partial charge in [-0.1, -0.05) is 0 Å². The van der Waals surface area contributed by atoms with E-state index in [0.29, 0.717) is 79.4 Å². The standard InChI is InChI=1S/C12H20BrN3O3.C12H21N3O3.2C8H12N2O3.C8H10O4.C7H12N2O4S.C7H10N2O3.C6H10N2O2.C6H13NO2.C3H9N.BHNS.2ClH/c1-12(2,3)19-11(17)15(4)7-8-9(13)10(18-6)14-16(8)5;1-12(2,3)18-11(16)14(4)8-9-7-10(17-6)13-15(9)5;1-4-13-8(11)6-5-7(12-3)9-10(6)2;1-4-13-8(12)6-5-7(11)9-10(6,2)3;1-3-11-7(9)5-6-8(10)12-4-2;1-9-6(4-7(8-9)12-2)5-13-14(3,10)11;1-3-12-7(11)5-4-6(10)8-9(5)2;1-8-5(4-9)3-6(7-8)10-2;1-6(2,3)9-5(8)7-4;1-4(2)3;1-2-3;;/h7H2,1-6H3;7H,8H2,1-6H3;2*5H,4H2,1-3H3;3-4H2,1-2H3;4H,5H2,1-3H3;4H,3H2,1-2H3,(H,8,10);3,9H,4H2,1-2H3;1-4H3,(H,7,8);1-3H3;3H;2*1H. The molecule has 6 aromatic heterocycles. The van der Waals surface area contributed by atoms with Gasteiger partial charge in [-0.15, -0.1) is 37.9 Å². The Labute approximate surface area is 782 Å². The molecule has 0 saturated heterocycles. The summed E-state index contributed by atoms with van der Waals surface area (Å²) in [4.78, 5) is 116. The third kappa shape index (κ3) is 58.3. The van der Waals surface area contributed by atoms with E-state index in [4.69, 9.17) is 57.2 Å². The number of hydrogen-bond acceptors (Lipinski definition) is 35. The van der Waals surface area contributed by atoms with E-state index in [2.05, 4.69) is 95.7 Å². The van der Waals surface area contributed by atoms with Gasteiger partial charge in [0.15, 0.2) is 0 Å². The predicted octanol–water partition coefficient (Wildman–Crippen LogP) is 3.27. The van der Waals surface area contributed by atoms with Crippen LogP contribution in [0.2, 0.25) is 0 Å². The van der Waals surface area contributed by atoms with Crippen molar-refractivity contribution in [2.24, 2.45) is 46.6 Å². The maximum atomic E-state index is 11.9. The number of alkyl carbamates (subject to hydrolysis) is 1. The minimum atomic E-state index is -3.42. The summed E-state index contributed by atoms with van der Waals surface area (Å²) in [5.41, 5.74) is 4.94. The summed E-state index contributed by atoms with van der Waals surface area (Å²) in [7, 11) is 33.2. The number of thiol groups is 1. The minimum Gasteiger partial charge on any atom is -1.00 e. The Bertz CT molecular complexity index is 4640. The Balaban J connectivity index is -0.000000328. The molecule has 0 aliphatic carbocycles. The van der Waals surface area contributed by atoms with Crippen molar-refractivity contribution in [3.63, 3.8) is 0 Å². The quantitative estimate of drug-likeness (QED) is 0.0101. The van der Waals surface area contributed by atoms with Crippen molar-refractivity contribution in [2.75, 3.05) is 131 Å². The van der Waals surface area contributed by atoms with E-state index >= 15 is 0 Å². The first-order valence-corrected chi connectivity index (χ1v) is 41.1. The smallest absolute Gasteiger partial charge is 1.00 e. The molecule has 0 fully saturated rings. The van der Waals surface area contributed by atoms with Crippen molar-refractivity contribution in [3.8, 4) is 41.2 Å². The molecule has 0 aromatic carbocycles. The number of nitrogens with one attached hydrogen (secondary N) is 3. The van der Waals surface area contributed by atoms with Crippen LogP contribution in [-0.4, -0.2) is 301 Å². The molecule has 1 aliphatic rings. The van der Waals surface area contributed by atoms with Crippen LogP contribution in [0.15, 0.2) is 55.7 Å². The molecule has 7 rings (SSSR count). The van der Waals surface area contributed by atoms with Crippen LogP contribution in [0.4, 0.5) is 14.4 Å². The number of H-pyrrole nitrogens is 1. The molecular weight excluding hydrogens is 1850 g/mol. The van der Waals surface area contributed by atoms with Crippen molar-refractivity contribution >= 4 is 113 Å². The van der Waals surface area contributed by atoms with Gasteiger partial charge < -0.3 is 99.1 Å².